The molecule has 0 saturated heterocycles. The van der Waals surface area contributed by atoms with Crippen molar-refractivity contribution in [2.45, 2.75) is 0 Å². The van der Waals surface area contributed by atoms with Crippen molar-refractivity contribution in [3.63, 3.8) is 0 Å². The van der Waals surface area contributed by atoms with Crippen LogP contribution in [0.5, 0.6) is 0 Å². The first-order valence-corrected chi connectivity index (χ1v) is 6.64. The second kappa shape index (κ2) is 6.29. The van der Waals surface area contributed by atoms with Crippen molar-refractivity contribution < 1.29 is 9.59 Å². The van der Waals surface area contributed by atoms with Crippen molar-refractivity contribution in [2.75, 3.05) is 12.4 Å². The number of carbonyl (C=O) groups is 2. The average molecular weight is 334 g/mol. The number of nitrogens with one attached hydrogen (secondary N) is 2. The van der Waals surface area contributed by atoms with Crippen molar-refractivity contribution in [3.05, 3.63) is 58.3 Å². The minimum absolute atomic E-state index is 0.167. The lowest BCUT2D eigenvalue weighted by Gasteiger charge is -2.06. The Morgan fingerprint density at radius 2 is 1.65 bits per heavy atom. The lowest BCUT2D eigenvalue weighted by Crippen LogP contribution is -2.17. The minimum atomic E-state index is -0.252. The Bertz CT molecular complexity index is 624. The topological polar surface area (TPSA) is 71.1 Å². The Labute approximate surface area is 124 Å². The number of hydrogen-bond donors (Lipinski definition) is 2. The third kappa shape index (κ3) is 3.42. The van der Waals surface area contributed by atoms with Gasteiger partial charge < -0.3 is 10.6 Å². The molecule has 2 N–H and O–H groups in total. The maximum Gasteiger partial charge on any atom is 0.257 e. The first-order chi connectivity index (χ1) is 9.60. The minimum Gasteiger partial charge on any atom is -0.355 e. The molecule has 20 heavy (non-hydrogen) atoms. The van der Waals surface area contributed by atoms with Gasteiger partial charge in [-0.1, -0.05) is 0 Å². The highest BCUT2D eigenvalue weighted by Crippen LogP contribution is 2.12. The van der Waals surface area contributed by atoms with Gasteiger partial charge in [-0.3, -0.25) is 9.59 Å². The molecule has 0 radical (unpaired) electrons. The summed E-state index contributed by atoms with van der Waals surface area (Å²) in [6.07, 6.45) is 1.48. The molecule has 1 aromatic heterocycles. The molecule has 0 aliphatic heterocycles. The van der Waals surface area contributed by atoms with Crippen LogP contribution in [0.4, 0.5) is 5.69 Å². The lowest BCUT2D eigenvalue weighted by molar-refractivity contribution is 0.0962. The molecule has 102 valence electrons. The normalized spacial score (nSPS) is 9.90. The van der Waals surface area contributed by atoms with E-state index in [0.717, 1.165) is 0 Å². The van der Waals surface area contributed by atoms with E-state index in [1.807, 2.05) is 0 Å². The molecule has 0 fully saturated rings. The highest BCUT2D eigenvalue weighted by molar-refractivity contribution is 9.10. The number of benzene rings is 1. The molecule has 0 saturated carbocycles. The monoisotopic (exact) mass is 333 g/mol. The van der Waals surface area contributed by atoms with E-state index in [1.54, 1.807) is 43.4 Å². The van der Waals surface area contributed by atoms with E-state index in [2.05, 4.69) is 31.5 Å². The zero-order valence-electron chi connectivity index (χ0n) is 10.7. The van der Waals surface area contributed by atoms with E-state index >= 15 is 0 Å². The smallest absolute Gasteiger partial charge is 0.257 e. The van der Waals surface area contributed by atoms with Gasteiger partial charge >= 0.3 is 0 Å². The molecule has 0 unspecified atom stereocenters. The van der Waals surface area contributed by atoms with Crippen LogP contribution < -0.4 is 10.6 Å². The van der Waals surface area contributed by atoms with E-state index in [4.69, 9.17) is 0 Å². The van der Waals surface area contributed by atoms with E-state index in [0.29, 0.717) is 21.4 Å². The maximum atomic E-state index is 12.0. The molecule has 0 aliphatic rings. The van der Waals surface area contributed by atoms with Gasteiger partial charge in [0.2, 0.25) is 0 Å². The molecule has 1 heterocycles. The van der Waals surface area contributed by atoms with Gasteiger partial charge in [-0.25, -0.2) is 4.98 Å². The highest BCUT2D eigenvalue weighted by atomic mass is 79.9. The summed E-state index contributed by atoms with van der Waals surface area (Å²) in [4.78, 5) is 27.3. The molecular weight excluding hydrogens is 322 g/mol. The third-order valence-corrected chi connectivity index (χ3v) is 3.09. The Hall–Kier alpha value is -2.21. The number of amides is 2. The van der Waals surface area contributed by atoms with Crippen molar-refractivity contribution in [2.24, 2.45) is 0 Å². The van der Waals surface area contributed by atoms with E-state index in [9.17, 15) is 9.59 Å². The molecule has 0 bridgehead atoms. The molecule has 2 aromatic rings. The number of pyridine rings is 1. The summed E-state index contributed by atoms with van der Waals surface area (Å²) in [6.45, 7) is 0. The first-order valence-electron chi connectivity index (χ1n) is 5.85. The van der Waals surface area contributed by atoms with Crippen LogP contribution in [-0.4, -0.2) is 23.8 Å². The van der Waals surface area contributed by atoms with Crippen LogP contribution in [0, 0.1) is 0 Å². The molecule has 6 heteroatoms. The first kappa shape index (κ1) is 14.2. The summed E-state index contributed by atoms with van der Waals surface area (Å²) >= 11 is 3.21. The van der Waals surface area contributed by atoms with Crippen molar-refractivity contribution >= 4 is 33.4 Å². The van der Waals surface area contributed by atoms with Gasteiger partial charge in [-0.05, 0) is 52.3 Å². The number of carbonyl (C=O) groups excluding carboxylic acids is 2. The number of halogens is 1. The summed E-state index contributed by atoms with van der Waals surface area (Å²) in [7, 11) is 1.57. The zero-order valence-corrected chi connectivity index (χ0v) is 12.3. The maximum absolute atomic E-state index is 12.0. The molecule has 0 atom stereocenters. The summed E-state index contributed by atoms with van der Waals surface area (Å²) in [5.41, 5.74) is 1.62. The average Bonchev–Trinajstić information content (AvgIpc) is 2.48. The van der Waals surface area contributed by atoms with Crippen LogP contribution in [0.15, 0.2) is 47.2 Å². The van der Waals surface area contributed by atoms with Gasteiger partial charge in [-0.2, -0.15) is 0 Å². The molecule has 2 amide bonds. The number of hydrogen-bond acceptors (Lipinski definition) is 3. The predicted octanol–water partition coefficient (Wildman–Crippen LogP) is 2.46. The van der Waals surface area contributed by atoms with Gasteiger partial charge in [0, 0.05) is 24.5 Å². The Morgan fingerprint density at radius 3 is 2.20 bits per heavy atom. The van der Waals surface area contributed by atoms with Gasteiger partial charge in [0.05, 0.1) is 5.56 Å². The number of nitrogens with zero attached hydrogens (tertiary/aromatic N) is 1. The fourth-order valence-corrected chi connectivity index (χ4v) is 1.80. The largest absolute Gasteiger partial charge is 0.355 e. The SMILES string of the molecule is CNC(=O)c1ccc(NC(=O)c2ccc(Br)nc2)cc1. The van der Waals surface area contributed by atoms with E-state index in [-0.39, 0.29) is 11.8 Å². The molecule has 0 spiro atoms. The molecule has 2 rings (SSSR count). The molecule has 0 aliphatic carbocycles. The fraction of sp³-hybridized carbons (Fsp3) is 0.0714. The second-order valence-corrected chi connectivity index (χ2v) is 4.79. The van der Waals surface area contributed by atoms with E-state index < -0.39 is 0 Å². The van der Waals surface area contributed by atoms with E-state index in [1.165, 1.54) is 6.20 Å². The third-order valence-electron chi connectivity index (χ3n) is 2.62. The molecule has 1 aromatic carbocycles. The van der Waals surface area contributed by atoms with Crippen molar-refractivity contribution in [1.82, 2.24) is 10.3 Å². The van der Waals surface area contributed by atoms with Crippen molar-refractivity contribution in [3.8, 4) is 0 Å². The molecule has 5 nitrogen and oxygen atoms in total. The number of aromatic nitrogens is 1. The fourth-order valence-electron chi connectivity index (χ4n) is 1.56. The second-order valence-electron chi connectivity index (χ2n) is 3.98. The van der Waals surface area contributed by atoms with Gasteiger partial charge in [0.1, 0.15) is 4.60 Å². The standard InChI is InChI=1S/C14H12BrN3O2/c1-16-13(19)9-2-5-11(6-3-9)18-14(20)10-4-7-12(15)17-8-10/h2-8H,1H3,(H,16,19)(H,18,20). The van der Waals surface area contributed by atoms with Crippen LogP contribution in [-0.2, 0) is 0 Å². The van der Waals surface area contributed by atoms with Crippen LogP contribution >= 0.6 is 15.9 Å². The van der Waals surface area contributed by atoms with Crippen molar-refractivity contribution in [1.29, 1.82) is 0 Å². The summed E-state index contributed by atoms with van der Waals surface area (Å²) in [5.74, 6) is -0.419. The van der Waals surface area contributed by atoms with Crippen LogP contribution in [0.2, 0.25) is 0 Å². The Balaban J connectivity index is 2.08. The number of anilines is 1. The molecular formula is C14H12BrN3O2. The summed E-state index contributed by atoms with van der Waals surface area (Å²) in [6, 6.07) is 10.0. The quantitative estimate of drug-likeness (QED) is 0.847. The highest BCUT2D eigenvalue weighted by Gasteiger charge is 2.07. The van der Waals surface area contributed by atoms with Gasteiger partial charge in [0.25, 0.3) is 11.8 Å². The van der Waals surface area contributed by atoms with Gasteiger partial charge in [0.15, 0.2) is 0 Å². The predicted molar refractivity (Wildman–Crippen MR) is 79.7 cm³/mol. The zero-order chi connectivity index (χ0) is 14.5. The summed E-state index contributed by atoms with van der Waals surface area (Å²) < 4.78 is 0.670. The van der Waals surface area contributed by atoms with Crippen LogP contribution in [0.1, 0.15) is 20.7 Å². The Kier molecular flexibility index (Phi) is 4.47. The van der Waals surface area contributed by atoms with Gasteiger partial charge in [-0.15, -0.1) is 0 Å². The van der Waals surface area contributed by atoms with Crippen LogP contribution in [0.25, 0.3) is 0 Å². The van der Waals surface area contributed by atoms with Crippen LogP contribution in [0.3, 0.4) is 0 Å². The Morgan fingerprint density at radius 1 is 1.00 bits per heavy atom. The summed E-state index contributed by atoms with van der Waals surface area (Å²) in [5, 5.41) is 5.27. The lowest BCUT2D eigenvalue weighted by atomic mass is 10.2. The number of rotatable bonds is 3.